The maximum Gasteiger partial charge on any atom is 0.262 e. The van der Waals surface area contributed by atoms with Crippen LogP contribution in [0.25, 0.3) is 0 Å². The number of benzene rings is 3. The number of amides is 1. The Hall–Kier alpha value is -2.64. The average molecular weight is 545 g/mol. The first kappa shape index (κ1) is 23.0. The minimum Gasteiger partial charge on any atom is -0.488 e. The Bertz CT molecular complexity index is 1040. The van der Waals surface area contributed by atoms with E-state index in [9.17, 15) is 4.79 Å². The van der Waals surface area contributed by atoms with Crippen LogP contribution in [0.3, 0.4) is 0 Å². The van der Waals surface area contributed by atoms with Gasteiger partial charge >= 0.3 is 0 Å². The molecule has 0 heterocycles. The lowest BCUT2D eigenvalue weighted by atomic mass is 10.2. The van der Waals surface area contributed by atoms with Gasteiger partial charge in [0, 0.05) is 20.2 Å². The van der Waals surface area contributed by atoms with Crippen LogP contribution < -0.4 is 15.5 Å². The largest absolute Gasteiger partial charge is 0.488 e. The Morgan fingerprint density at radius 2 is 1.81 bits per heavy atom. The summed E-state index contributed by atoms with van der Waals surface area (Å²) in [5.41, 5.74) is 5.34. The van der Waals surface area contributed by atoms with Crippen molar-refractivity contribution < 1.29 is 9.53 Å². The van der Waals surface area contributed by atoms with Crippen LogP contribution in [-0.4, -0.2) is 18.2 Å². The van der Waals surface area contributed by atoms with Gasteiger partial charge in [-0.2, -0.15) is 5.10 Å². The molecule has 3 rings (SSSR count). The Morgan fingerprint density at radius 1 is 1.03 bits per heavy atom. The van der Waals surface area contributed by atoms with Crippen molar-refractivity contribution in [1.29, 1.82) is 0 Å². The van der Waals surface area contributed by atoms with Crippen LogP contribution >= 0.6 is 31.9 Å². The van der Waals surface area contributed by atoms with Crippen molar-refractivity contribution >= 4 is 49.7 Å². The minimum absolute atomic E-state index is 0.202. The zero-order valence-corrected chi connectivity index (χ0v) is 20.2. The van der Waals surface area contributed by atoms with Crippen molar-refractivity contribution in [2.24, 2.45) is 5.10 Å². The molecule has 0 aliphatic heterocycles. The highest BCUT2D eigenvalue weighted by Crippen LogP contribution is 2.19. The second-order valence-corrected chi connectivity index (χ2v) is 8.63. The number of para-hydroxylation sites is 1. The van der Waals surface area contributed by atoms with Crippen LogP contribution in [0.5, 0.6) is 5.75 Å². The van der Waals surface area contributed by atoms with E-state index in [-0.39, 0.29) is 5.91 Å². The number of nitrogens with one attached hydrogen (secondary N) is 2. The summed E-state index contributed by atoms with van der Waals surface area (Å²) >= 11 is 6.87. The van der Waals surface area contributed by atoms with Gasteiger partial charge in [-0.3, -0.25) is 4.79 Å². The Balaban J connectivity index is 1.59. The molecule has 1 amide bonds. The maximum absolute atomic E-state index is 12.5. The molecule has 0 unspecified atom stereocenters. The summed E-state index contributed by atoms with van der Waals surface area (Å²) in [6.45, 7) is 2.39. The summed E-state index contributed by atoms with van der Waals surface area (Å²) in [5, 5.41) is 7.36. The third-order valence-corrected chi connectivity index (χ3v) is 5.52. The van der Waals surface area contributed by atoms with Gasteiger partial charge in [-0.25, -0.2) is 5.43 Å². The molecule has 1 atom stereocenters. The standard InChI is InChI=1S/C24H23Br2N3O2/c1-2-22(28-21-8-5-7-20(26)14-21)24(30)29-27-15-18-6-3-4-9-23(18)31-16-17-10-12-19(25)13-11-17/h3-15,22,28H,2,16H2,1H3,(H,29,30)/b27-15-/t22-/m0/s1. The molecule has 160 valence electrons. The molecule has 0 aliphatic rings. The van der Waals surface area contributed by atoms with Gasteiger partial charge in [0.2, 0.25) is 0 Å². The first-order valence-electron chi connectivity index (χ1n) is 9.86. The van der Waals surface area contributed by atoms with Crippen molar-refractivity contribution in [2.45, 2.75) is 26.0 Å². The number of carbonyl (C=O) groups excluding carboxylic acids is 1. The molecule has 2 N–H and O–H groups in total. The zero-order valence-electron chi connectivity index (χ0n) is 17.0. The highest BCUT2D eigenvalue weighted by atomic mass is 79.9. The molecule has 0 aliphatic carbocycles. The molecule has 0 saturated heterocycles. The van der Waals surface area contributed by atoms with Crippen molar-refractivity contribution in [3.63, 3.8) is 0 Å². The van der Waals surface area contributed by atoms with Crippen LogP contribution in [0.2, 0.25) is 0 Å². The van der Waals surface area contributed by atoms with E-state index < -0.39 is 6.04 Å². The first-order chi connectivity index (χ1) is 15.0. The summed E-state index contributed by atoms with van der Waals surface area (Å²) in [6.07, 6.45) is 2.22. The number of hydrogen-bond acceptors (Lipinski definition) is 4. The van der Waals surface area contributed by atoms with E-state index in [4.69, 9.17) is 4.74 Å². The molecule has 5 nitrogen and oxygen atoms in total. The summed E-state index contributed by atoms with van der Waals surface area (Å²) < 4.78 is 7.92. The average Bonchev–Trinajstić information content (AvgIpc) is 2.78. The van der Waals surface area contributed by atoms with Gasteiger partial charge < -0.3 is 10.1 Å². The fraction of sp³-hybridized carbons (Fsp3) is 0.167. The molecular formula is C24H23Br2N3O2. The van der Waals surface area contributed by atoms with Gasteiger partial charge in [0.25, 0.3) is 5.91 Å². The van der Waals surface area contributed by atoms with E-state index >= 15 is 0 Å². The number of nitrogens with zero attached hydrogens (tertiary/aromatic N) is 1. The van der Waals surface area contributed by atoms with Gasteiger partial charge in [-0.05, 0) is 54.4 Å². The second kappa shape index (κ2) is 11.7. The third kappa shape index (κ3) is 7.22. The fourth-order valence-electron chi connectivity index (χ4n) is 2.84. The van der Waals surface area contributed by atoms with Gasteiger partial charge in [0.05, 0.1) is 6.21 Å². The highest BCUT2D eigenvalue weighted by molar-refractivity contribution is 9.10. The molecule has 0 saturated carbocycles. The van der Waals surface area contributed by atoms with Crippen molar-refractivity contribution in [2.75, 3.05) is 5.32 Å². The van der Waals surface area contributed by atoms with Gasteiger partial charge in [0.1, 0.15) is 18.4 Å². The molecule has 3 aromatic carbocycles. The number of halogens is 2. The molecule has 0 fully saturated rings. The minimum atomic E-state index is -0.393. The fourth-order valence-corrected chi connectivity index (χ4v) is 3.50. The van der Waals surface area contributed by atoms with Crippen LogP contribution in [0.1, 0.15) is 24.5 Å². The Labute approximate surface area is 199 Å². The normalized spacial score (nSPS) is 11.8. The van der Waals surface area contributed by atoms with Crippen LogP contribution in [0, 0.1) is 0 Å². The van der Waals surface area contributed by atoms with Crippen molar-refractivity contribution in [3.8, 4) is 5.75 Å². The summed E-state index contributed by atoms with van der Waals surface area (Å²) in [6, 6.07) is 22.9. The first-order valence-corrected chi connectivity index (χ1v) is 11.4. The van der Waals surface area contributed by atoms with E-state index in [1.807, 2.05) is 79.7 Å². The maximum atomic E-state index is 12.5. The predicted octanol–water partition coefficient (Wildman–Crippen LogP) is 6.13. The number of anilines is 1. The lowest BCUT2D eigenvalue weighted by Gasteiger charge is -2.16. The highest BCUT2D eigenvalue weighted by Gasteiger charge is 2.15. The van der Waals surface area contributed by atoms with E-state index in [1.165, 1.54) is 0 Å². The van der Waals surface area contributed by atoms with E-state index in [0.717, 1.165) is 25.8 Å². The number of hydrogen-bond donors (Lipinski definition) is 2. The van der Waals surface area contributed by atoms with E-state index in [1.54, 1.807) is 6.21 Å². The Kier molecular flexibility index (Phi) is 8.67. The third-order valence-electron chi connectivity index (χ3n) is 4.50. The molecule has 7 heteroatoms. The SMILES string of the molecule is CC[C@H](Nc1cccc(Br)c1)C(=O)N/N=C\c1ccccc1OCc1ccc(Br)cc1. The smallest absolute Gasteiger partial charge is 0.262 e. The van der Waals surface area contributed by atoms with Crippen molar-refractivity contribution in [1.82, 2.24) is 5.43 Å². The lowest BCUT2D eigenvalue weighted by molar-refractivity contribution is -0.121. The predicted molar refractivity (Wildman–Crippen MR) is 132 cm³/mol. The molecule has 0 radical (unpaired) electrons. The summed E-state index contributed by atoms with van der Waals surface area (Å²) in [5.74, 6) is 0.495. The number of ether oxygens (including phenoxy) is 1. The monoisotopic (exact) mass is 543 g/mol. The van der Waals surface area contributed by atoms with Crippen molar-refractivity contribution in [3.05, 3.63) is 92.9 Å². The topological polar surface area (TPSA) is 62.7 Å². The van der Waals surface area contributed by atoms with Crippen LogP contribution in [0.4, 0.5) is 5.69 Å². The molecule has 31 heavy (non-hydrogen) atoms. The molecule has 0 spiro atoms. The number of hydrazone groups is 1. The number of rotatable bonds is 9. The number of carbonyl (C=O) groups is 1. The zero-order chi connectivity index (χ0) is 22.1. The summed E-state index contributed by atoms with van der Waals surface area (Å²) in [7, 11) is 0. The molecule has 3 aromatic rings. The van der Waals surface area contributed by atoms with E-state index in [0.29, 0.717) is 18.8 Å². The van der Waals surface area contributed by atoms with Crippen LogP contribution in [0.15, 0.2) is 86.8 Å². The molecule has 0 bridgehead atoms. The van der Waals surface area contributed by atoms with Gasteiger partial charge in [0.15, 0.2) is 0 Å². The van der Waals surface area contributed by atoms with Crippen LogP contribution in [-0.2, 0) is 11.4 Å². The van der Waals surface area contributed by atoms with Gasteiger partial charge in [-0.15, -0.1) is 0 Å². The van der Waals surface area contributed by atoms with E-state index in [2.05, 4.69) is 47.7 Å². The quantitative estimate of drug-likeness (QED) is 0.251. The van der Waals surface area contributed by atoms with Gasteiger partial charge in [-0.1, -0.05) is 69.1 Å². The second-order valence-electron chi connectivity index (χ2n) is 6.80. The summed E-state index contributed by atoms with van der Waals surface area (Å²) in [4.78, 5) is 12.5. The molecule has 0 aromatic heterocycles. The molecular weight excluding hydrogens is 522 g/mol. The lowest BCUT2D eigenvalue weighted by Crippen LogP contribution is -2.36. The Morgan fingerprint density at radius 3 is 2.55 bits per heavy atom.